The van der Waals surface area contributed by atoms with Gasteiger partial charge in [-0.05, 0) is 183 Å². The minimum atomic E-state index is -2.00. The summed E-state index contributed by atoms with van der Waals surface area (Å²) in [5.41, 5.74) is 25.4. The number of aliphatic hydroxyl groups excluding tert-OH is 1. The van der Waals surface area contributed by atoms with Crippen molar-refractivity contribution in [2.45, 2.75) is 278 Å². The Morgan fingerprint density at radius 1 is 0.463 bits per heavy atom. The van der Waals surface area contributed by atoms with Gasteiger partial charge in [-0.25, -0.2) is 4.79 Å². The number of nitrogens with two attached hydrogens (primary N) is 4. The molecule has 3 aromatic carbocycles. The van der Waals surface area contributed by atoms with Gasteiger partial charge in [0.05, 0.1) is 19.1 Å². The number of hydrogen-bond donors (Lipinski definition) is 24. The highest BCUT2D eigenvalue weighted by molar-refractivity contribution is 6.31. The number of hydrogen-bond acceptors (Lipinski definition) is 22. The van der Waals surface area contributed by atoms with E-state index in [0.29, 0.717) is 85.1 Å². The molecule has 5 heterocycles. The number of unbranched alkanes of at least 4 members (excludes halogenated alkanes) is 3. The van der Waals surface area contributed by atoms with E-state index in [1.54, 1.807) is 98.9 Å². The molecule has 0 saturated carbocycles. The van der Waals surface area contributed by atoms with Crippen LogP contribution >= 0.6 is 11.6 Å². The van der Waals surface area contributed by atoms with Crippen molar-refractivity contribution in [1.29, 1.82) is 10.8 Å². The molecule has 0 aliphatic carbocycles. The number of carbonyl (C=O) groups excluding carboxylic acids is 14. The predicted molar refractivity (Wildman–Crippen MR) is 504 cm³/mol. The van der Waals surface area contributed by atoms with Gasteiger partial charge < -0.3 is 132 Å². The molecule has 136 heavy (non-hydrogen) atoms. The molecule has 14 amide bonds. The maximum absolute atomic E-state index is 15.1. The van der Waals surface area contributed by atoms with Crippen molar-refractivity contribution >= 4 is 129 Å². The van der Waals surface area contributed by atoms with Crippen molar-refractivity contribution < 1.29 is 92.0 Å². The van der Waals surface area contributed by atoms with Crippen LogP contribution in [0.4, 0.5) is 0 Å². The van der Waals surface area contributed by atoms with E-state index in [9.17, 15) is 87.2 Å². The van der Waals surface area contributed by atoms with Crippen LogP contribution in [0.5, 0.6) is 0 Å². The van der Waals surface area contributed by atoms with Gasteiger partial charge in [0.15, 0.2) is 11.9 Å². The zero-order valence-electron chi connectivity index (χ0n) is 77.5. The minimum Gasteiger partial charge on any atom is -0.481 e. The third-order valence-corrected chi connectivity index (χ3v) is 24.7. The van der Waals surface area contributed by atoms with Crippen LogP contribution in [-0.2, 0) is 96.0 Å². The zero-order chi connectivity index (χ0) is 99.1. The maximum atomic E-state index is 15.1. The molecule has 44 heteroatoms. The Morgan fingerprint density at radius 2 is 0.882 bits per heavy atom. The Morgan fingerprint density at radius 3 is 1.36 bits per heavy atom. The molecule has 4 saturated heterocycles. The predicted octanol–water partition coefficient (Wildman–Crippen LogP) is -1.52. The summed E-state index contributed by atoms with van der Waals surface area (Å²) in [5, 5.41) is 85.8. The Kier molecular flexibility index (Phi) is 44.3. The lowest BCUT2D eigenvalue weighted by molar-refractivity contribution is -0.152. The Labute approximate surface area is 795 Å². The van der Waals surface area contributed by atoms with E-state index in [1.807, 2.05) is 6.92 Å². The van der Waals surface area contributed by atoms with E-state index in [0.717, 1.165) is 11.8 Å². The molecule has 4 aromatic rings. The molecule has 43 nitrogen and oxygen atoms in total. The van der Waals surface area contributed by atoms with Crippen LogP contribution in [0.25, 0.3) is 10.9 Å². The van der Waals surface area contributed by atoms with Gasteiger partial charge in [0.1, 0.15) is 84.6 Å². The summed E-state index contributed by atoms with van der Waals surface area (Å²) < 4.78 is 0. The van der Waals surface area contributed by atoms with Crippen LogP contribution in [-0.4, -0.2) is 291 Å². The van der Waals surface area contributed by atoms with Crippen molar-refractivity contribution in [2.24, 2.45) is 28.9 Å². The lowest BCUT2D eigenvalue weighted by Crippen LogP contribution is -2.61. The largest absolute Gasteiger partial charge is 0.481 e. The average molecular weight is 1920 g/mol. The monoisotopic (exact) mass is 1920 g/mol. The molecule has 4 aliphatic rings. The van der Waals surface area contributed by atoms with Gasteiger partial charge in [-0.15, -0.1) is 0 Å². The second kappa shape index (κ2) is 55.4. The second-order valence-electron chi connectivity index (χ2n) is 35.4. The fourth-order valence-corrected chi connectivity index (χ4v) is 17.5. The second-order valence-corrected chi connectivity index (χ2v) is 35.8. The number of carbonyl (C=O) groups is 16. The first-order valence-corrected chi connectivity index (χ1v) is 47.4. The average Bonchev–Trinajstić information content (AvgIpc) is 1.63. The van der Waals surface area contributed by atoms with Crippen molar-refractivity contribution in [3.05, 3.63) is 107 Å². The summed E-state index contributed by atoms with van der Waals surface area (Å²) in [6.07, 6.45) is 5.16. The molecule has 0 spiro atoms. The first kappa shape index (κ1) is 109. The maximum Gasteiger partial charge on any atom is 0.326 e. The van der Waals surface area contributed by atoms with E-state index in [2.05, 4.69) is 79.4 Å². The summed E-state index contributed by atoms with van der Waals surface area (Å²) in [6.45, 7) is 5.61. The number of H-pyrrole nitrogens is 1. The summed E-state index contributed by atoms with van der Waals surface area (Å²) in [6, 6.07) is 1.38. The van der Waals surface area contributed by atoms with Crippen molar-refractivity contribution in [2.75, 3.05) is 59.0 Å². The fraction of sp³-hybridized carbons (Fsp3) is 0.587. The number of likely N-dealkylation sites (tertiary alicyclic amines) is 3. The lowest BCUT2D eigenvalue weighted by Gasteiger charge is -2.33. The highest BCUT2D eigenvalue weighted by Crippen LogP contribution is 2.29. The molecule has 0 unspecified atom stereocenters. The number of guanidine groups is 2. The SMILES string of the molecule is CCCC[C@H](NC(=O)[C@H](CCCCN)NC(=O)[C@H](CCCNC(=N)N)NC(=O)[C@H](CC(C)C)NC(=O)[C@H](CCCNC(=N)N)NC(=O)[C@H](Cc1c[nH]c2cc(Cl)ccc12)NC(=O)[C@@H]1CCCN1)C(=O)N1CCC[C@H]1C(=O)N[C@@H](CC(=O)O)C(=O)N[C@@H](CO)C(=O)N[C@@H](Cc1ccccc1)C(=O)N[C@@H](Cc1ccccc1)C(=O)N[C@@H](CCCCN)C(=O)N1CCC[C@H]1C(=O)N1CCC[C@H]1C(=O)O. The number of aliphatic hydroxyl groups is 1. The number of rotatable bonds is 56. The molecule has 28 N–H and O–H groups in total. The zero-order valence-corrected chi connectivity index (χ0v) is 78.2. The summed E-state index contributed by atoms with van der Waals surface area (Å²) in [5.74, 6) is -15.6. The van der Waals surface area contributed by atoms with Crippen LogP contribution in [0.15, 0.2) is 85.1 Å². The first-order chi connectivity index (χ1) is 65.1. The Hall–Kier alpha value is -12.6. The third kappa shape index (κ3) is 33.7. The van der Waals surface area contributed by atoms with Gasteiger partial charge in [-0.2, -0.15) is 0 Å². The number of carboxylic acids is 2. The standard InChI is InChI=1S/C92H137ClN24O19/c1-4-5-26-63(107-78(123)60(27-12-14-37-94)104-77(122)61(30-17-40-101-91(96)97)105-80(125)66(45-53(2)3)109-79(124)62(31-18-41-102-92(98)99)106-83(128)69(112-76(121)59-29-16-39-100-59)48-56-51-103-65-49-57(93)35-36-58(56)65)87(132)115-42-19-32-72(115)86(131)113-70(50-75(119)120)84(129)114-71(52-118)85(130)111-68(47-55-24-10-7-11-25-55)82(127)110-67(46-54-22-8-6-9-23-54)81(126)108-64(28-13-15-38-95)88(133)116-43-20-33-73(116)89(134)117-44-21-34-74(117)90(135)136/h6-11,22-25,35-36,49,51,53,59-64,66-74,100,103,118H,4-5,12-21,26-34,37-48,50,52,94-95H2,1-3H3,(H,104,122)(H,105,125)(H,106,128)(H,107,123)(H,108,126)(H,109,124)(H,110,127)(H,111,130)(H,112,121)(H,113,131)(H,114,129)(H,119,120)(H,135,136)(H4,96,97,101)(H4,98,99,102)/t59-,60-,61-,62-,63-,64-,66-,67-,68-,69-,70-,71-,72-,73-,74-/m0/s1. The quantitative estimate of drug-likeness (QED) is 0.0136. The van der Waals surface area contributed by atoms with Crippen LogP contribution in [0.3, 0.4) is 0 Å². The Bertz CT molecular complexity index is 4760. The van der Waals surface area contributed by atoms with Crippen LogP contribution in [0.2, 0.25) is 5.02 Å². The summed E-state index contributed by atoms with van der Waals surface area (Å²) in [4.78, 5) is 237. The molecule has 4 fully saturated rings. The van der Waals surface area contributed by atoms with Crippen molar-refractivity contribution in [1.82, 2.24) is 94.1 Å². The van der Waals surface area contributed by atoms with Gasteiger partial charge in [0, 0.05) is 74.1 Å². The number of aromatic amines is 1. The third-order valence-electron chi connectivity index (χ3n) is 24.5. The highest BCUT2D eigenvalue weighted by Gasteiger charge is 2.46. The summed E-state index contributed by atoms with van der Waals surface area (Å²) in [7, 11) is 0. The number of aromatic nitrogens is 1. The molecule has 1 aromatic heterocycles. The first-order valence-electron chi connectivity index (χ1n) is 47.1. The van der Waals surface area contributed by atoms with E-state index in [-0.39, 0.29) is 160 Å². The smallest absolute Gasteiger partial charge is 0.326 e. The van der Waals surface area contributed by atoms with Gasteiger partial charge in [-0.1, -0.05) is 112 Å². The van der Waals surface area contributed by atoms with Crippen LogP contribution < -0.4 is 97.4 Å². The molecule has 4 aliphatic heterocycles. The van der Waals surface area contributed by atoms with Crippen LogP contribution in [0, 0.1) is 16.7 Å². The van der Waals surface area contributed by atoms with Crippen molar-refractivity contribution in [3.8, 4) is 0 Å². The number of nitrogens with zero attached hydrogens (tertiary/aromatic N) is 3. The minimum absolute atomic E-state index is 0.00842. The normalized spacial score (nSPS) is 18.2. The summed E-state index contributed by atoms with van der Waals surface area (Å²) >= 11 is 6.30. The number of benzene rings is 3. The lowest BCUT2D eigenvalue weighted by atomic mass is 10.00. The number of amides is 14. The number of nitrogens with one attached hydrogen (secondary N) is 17. The van der Waals surface area contributed by atoms with E-state index in [4.69, 9.17) is 45.4 Å². The molecule has 0 bridgehead atoms. The van der Waals surface area contributed by atoms with Gasteiger partial charge in [0.25, 0.3) is 0 Å². The number of carboxylic acid groups (broad SMARTS) is 2. The molecular formula is C92H137ClN24O19. The number of fused-ring (bicyclic) bond motifs is 1. The van der Waals surface area contributed by atoms with Gasteiger partial charge >= 0.3 is 11.9 Å². The molecule has 8 rings (SSSR count). The fourth-order valence-electron chi connectivity index (χ4n) is 17.3. The molecule has 746 valence electrons. The Balaban J connectivity index is 0.964. The van der Waals surface area contributed by atoms with E-state index in [1.165, 1.54) is 14.7 Å². The van der Waals surface area contributed by atoms with Crippen LogP contribution in [0.1, 0.15) is 185 Å². The molecule has 15 atom stereocenters. The van der Waals surface area contributed by atoms with Gasteiger partial charge in [0.2, 0.25) is 82.7 Å². The number of halogens is 1. The van der Waals surface area contributed by atoms with E-state index >= 15 is 4.79 Å². The highest BCUT2D eigenvalue weighted by atomic mass is 35.5. The topological polar surface area (TPSA) is 680 Å². The number of aliphatic carboxylic acids is 2. The van der Waals surface area contributed by atoms with E-state index < -0.39 is 204 Å². The molecule has 0 radical (unpaired) electrons. The molecular weight excluding hydrogens is 1780 g/mol. The van der Waals surface area contributed by atoms with Crippen molar-refractivity contribution in [3.63, 3.8) is 0 Å². The van der Waals surface area contributed by atoms with Gasteiger partial charge in [-0.3, -0.25) is 82.7 Å².